The van der Waals surface area contributed by atoms with Gasteiger partial charge in [-0.15, -0.1) is 0 Å². The van der Waals surface area contributed by atoms with Crippen molar-refractivity contribution in [1.29, 1.82) is 0 Å². The lowest BCUT2D eigenvalue weighted by Crippen LogP contribution is -2.08. The van der Waals surface area contributed by atoms with Crippen LogP contribution < -0.4 is 9.80 Å². The molecule has 0 radical (unpaired) electrons. The summed E-state index contributed by atoms with van der Waals surface area (Å²) in [6.45, 7) is 3.59. The molecule has 0 saturated heterocycles. The van der Waals surface area contributed by atoms with Crippen LogP contribution in [0.25, 0.3) is 22.5 Å². The Morgan fingerprint density at radius 1 is 0.700 bits per heavy atom. The number of anilines is 2. The van der Waals surface area contributed by atoms with Crippen LogP contribution in [0.3, 0.4) is 0 Å². The van der Waals surface area contributed by atoms with Gasteiger partial charge in [0.1, 0.15) is 0 Å². The quantitative estimate of drug-likeness (QED) is 0.513. The normalized spacial score (nSPS) is 10.9. The third-order valence-electron chi connectivity index (χ3n) is 4.22. The van der Waals surface area contributed by atoms with E-state index in [-0.39, 0.29) is 13.2 Å². The summed E-state index contributed by atoms with van der Waals surface area (Å²) in [6.07, 6.45) is 0. The van der Waals surface area contributed by atoms with E-state index in [1.807, 2.05) is 42.0 Å². The van der Waals surface area contributed by atoms with Crippen molar-refractivity contribution >= 4 is 34.5 Å². The van der Waals surface area contributed by atoms with E-state index in [4.69, 9.17) is 8.83 Å². The summed E-state index contributed by atoms with van der Waals surface area (Å²) >= 11 is 0. The van der Waals surface area contributed by atoms with Crippen molar-refractivity contribution in [2.24, 2.45) is 0 Å². The zero-order chi connectivity index (χ0) is 22.0. The summed E-state index contributed by atoms with van der Waals surface area (Å²) in [5, 5.41) is 18.4. The number of nitrogens with zero attached hydrogens (tertiary/aromatic N) is 6. The molecule has 10 nitrogen and oxygen atoms in total. The molecule has 4 rings (SSSR count). The Morgan fingerprint density at radius 3 is 1.37 bits per heavy atom. The molecule has 160 valence electrons. The second-order valence-corrected chi connectivity index (χ2v) is 7.25. The Kier molecular flexibility index (Phi) is 6.18. The van der Waals surface area contributed by atoms with Gasteiger partial charge in [0.15, 0.2) is 11.2 Å². The van der Waals surface area contributed by atoms with E-state index in [0.29, 0.717) is 34.5 Å². The molecule has 0 saturated carbocycles. The highest BCUT2D eigenvalue weighted by Crippen LogP contribution is 2.24. The summed E-state index contributed by atoms with van der Waals surface area (Å²) in [5.41, 5.74) is 5.30. The lowest BCUT2D eigenvalue weighted by molar-refractivity contribution is 0.281. The Hall–Kier alpha value is -3.24. The largest absolute Gasteiger partial charge is 0.421 e. The molecule has 0 aliphatic rings. The topological polar surface area (TPSA) is 125 Å². The van der Waals surface area contributed by atoms with Crippen LogP contribution in [0.2, 0.25) is 0 Å². The second kappa shape index (κ2) is 8.64. The SMILES string of the molecule is Cc1cc(CO)c2oc(N(C)C)nc2n1.Cc1cc(CO)c2oc(N(C)C)nc2n1. The van der Waals surface area contributed by atoms with Crippen LogP contribution in [0.5, 0.6) is 0 Å². The first-order valence-corrected chi connectivity index (χ1v) is 9.34. The Labute approximate surface area is 173 Å². The highest BCUT2D eigenvalue weighted by Gasteiger charge is 2.14. The third-order valence-corrected chi connectivity index (χ3v) is 4.22. The van der Waals surface area contributed by atoms with E-state index in [1.165, 1.54) is 0 Å². The van der Waals surface area contributed by atoms with Crippen LogP contribution >= 0.6 is 0 Å². The van der Waals surface area contributed by atoms with Crippen LogP contribution in [0, 0.1) is 13.8 Å². The van der Waals surface area contributed by atoms with Gasteiger partial charge in [-0.05, 0) is 26.0 Å². The van der Waals surface area contributed by atoms with E-state index < -0.39 is 0 Å². The number of hydrogen-bond acceptors (Lipinski definition) is 10. The molecule has 4 aromatic heterocycles. The van der Waals surface area contributed by atoms with Gasteiger partial charge in [-0.2, -0.15) is 9.97 Å². The third kappa shape index (κ3) is 4.34. The molecule has 0 aliphatic carbocycles. The van der Waals surface area contributed by atoms with Crippen molar-refractivity contribution in [3.05, 3.63) is 34.6 Å². The van der Waals surface area contributed by atoms with E-state index in [0.717, 1.165) is 22.5 Å². The van der Waals surface area contributed by atoms with E-state index in [9.17, 15) is 10.2 Å². The standard InChI is InChI=1S/2C10H13N3O2/c2*1-6-4-7(5-14)8-9(11-6)12-10(15-8)13(2)3/h2*4,14H,5H2,1-3H3. The van der Waals surface area contributed by atoms with E-state index in [2.05, 4.69) is 19.9 Å². The molecule has 0 spiro atoms. The first-order chi connectivity index (χ1) is 14.2. The number of oxazole rings is 2. The van der Waals surface area contributed by atoms with Gasteiger partial charge in [0, 0.05) is 50.7 Å². The number of aromatic nitrogens is 4. The van der Waals surface area contributed by atoms with E-state index >= 15 is 0 Å². The molecule has 4 aromatic rings. The molecule has 2 N–H and O–H groups in total. The molecule has 0 bridgehead atoms. The van der Waals surface area contributed by atoms with Crippen molar-refractivity contribution in [3.8, 4) is 0 Å². The van der Waals surface area contributed by atoms with Gasteiger partial charge in [0.25, 0.3) is 12.0 Å². The predicted molar refractivity (Wildman–Crippen MR) is 114 cm³/mol. The molecule has 0 aliphatic heterocycles. The van der Waals surface area contributed by atoms with Crippen molar-refractivity contribution < 1.29 is 19.0 Å². The van der Waals surface area contributed by atoms with Gasteiger partial charge >= 0.3 is 0 Å². The summed E-state index contributed by atoms with van der Waals surface area (Å²) < 4.78 is 11.0. The molecule has 0 amide bonds. The van der Waals surface area contributed by atoms with Crippen LogP contribution in [-0.2, 0) is 13.2 Å². The fourth-order valence-electron chi connectivity index (χ4n) is 2.82. The van der Waals surface area contributed by atoms with Crippen molar-refractivity contribution in [2.45, 2.75) is 27.1 Å². The summed E-state index contributed by atoms with van der Waals surface area (Å²) in [6, 6.07) is 4.59. The van der Waals surface area contributed by atoms with Crippen LogP contribution in [0.1, 0.15) is 22.5 Å². The maximum Gasteiger partial charge on any atom is 0.299 e. The molecule has 0 unspecified atom stereocenters. The van der Waals surface area contributed by atoms with Gasteiger partial charge in [-0.1, -0.05) is 0 Å². The fraction of sp³-hybridized carbons (Fsp3) is 0.400. The number of pyridine rings is 2. The van der Waals surface area contributed by atoms with Crippen LogP contribution in [0.15, 0.2) is 21.0 Å². The molecule has 0 fully saturated rings. The Morgan fingerprint density at radius 2 is 1.07 bits per heavy atom. The molecule has 30 heavy (non-hydrogen) atoms. The lowest BCUT2D eigenvalue weighted by atomic mass is 10.2. The molecular weight excluding hydrogens is 388 g/mol. The fourth-order valence-corrected chi connectivity index (χ4v) is 2.82. The van der Waals surface area contributed by atoms with E-state index in [1.54, 1.807) is 21.9 Å². The number of aryl methyl sites for hydroxylation is 2. The van der Waals surface area contributed by atoms with Gasteiger partial charge in [0.2, 0.25) is 11.3 Å². The summed E-state index contributed by atoms with van der Waals surface area (Å²) in [5.74, 6) is 0. The first-order valence-electron chi connectivity index (χ1n) is 9.34. The maximum atomic E-state index is 9.18. The number of rotatable bonds is 4. The number of fused-ring (bicyclic) bond motifs is 2. The van der Waals surface area contributed by atoms with Crippen LogP contribution in [0.4, 0.5) is 12.0 Å². The zero-order valence-corrected chi connectivity index (χ0v) is 18.0. The maximum absolute atomic E-state index is 9.18. The number of aliphatic hydroxyl groups excluding tert-OH is 2. The highest BCUT2D eigenvalue weighted by atomic mass is 16.4. The van der Waals surface area contributed by atoms with Crippen molar-refractivity contribution in [1.82, 2.24) is 19.9 Å². The second-order valence-electron chi connectivity index (χ2n) is 7.25. The van der Waals surface area contributed by atoms with Crippen LogP contribution in [-0.4, -0.2) is 58.3 Å². The molecular formula is C20H26N6O4. The number of hydrogen-bond donors (Lipinski definition) is 2. The zero-order valence-electron chi connectivity index (χ0n) is 18.0. The van der Waals surface area contributed by atoms with Crippen molar-refractivity contribution in [2.75, 3.05) is 38.0 Å². The first kappa shape index (κ1) is 21.5. The minimum atomic E-state index is -0.0675. The molecule has 10 heteroatoms. The minimum Gasteiger partial charge on any atom is -0.421 e. The predicted octanol–water partition coefficient (Wildman–Crippen LogP) is 2.18. The molecule has 0 aromatic carbocycles. The van der Waals surface area contributed by atoms with Gasteiger partial charge in [0.05, 0.1) is 13.2 Å². The lowest BCUT2D eigenvalue weighted by Gasteiger charge is -2.03. The Bertz CT molecular complexity index is 1070. The summed E-state index contributed by atoms with van der Waals surface area (Å²) in [4.78, 5) is 20.5. The van der Waals surface area contributed by atoms with Gasteiger partial charge in [-0.3, -0.25) is 0 Å². The molecule has 0 atom stereocenters. The van der Waals surface area contributed by atoms with Gasteiger partial charge < -0.3 is 28.8 Å². The summed E-state index contributed by atoms with van der Waals surface area (Å²) in [7, 11) is 7.37. The average molecular weight is 414 g/mol. The van der Waals surface area contributed by atoms with Gasteiger partial charge in [-0.25, -0.2) is 9.97 Å². The van der Waals surface area contributed by atoms with Crippen molar-refractivity contribution in [3.63, 3.8) is 0 Å². The number of aliphatic hydroxyl groups is 2. The minimum absolute atomic E-state index is 0.0675. The smallest absolute Gasteiger partial charge is 0.299 e. The average Bonchev–Trinajstić information content (AvgIpc) is 3.31. The molecule has 4 heterocycles. The Balaban J connectivity index is 0.000000171. The highest BCUT2D eigenvalue weighted by molar-refractivity contribution is 5.75. The monoisotopic (exact) mass is 414 g/mol.